The third-order valence-corrected chi connectivity index (χ3v) is 7.09. The molecule has 0 amide bonds. The van der Waals surface area contributed by atoms with Crippen molar-refractivity contribution in [2.24, 2.45) is 5.92 Å². The number of aromatic nitrogens is 2. The van der Waals surface area contributed by atoms with Gasteiger partial charge < -0.3 is 4.90 Å². The summed E-state index contributed by atoms with van der Waals surface area (Å²) in [6.45, 7) is 3.24. The van der Waals surface area contributed by atoms with Gasteiger partial charge in [0.2, 0.25) is 10.0 Å². The van der Waals surface area contributed by atoms with Crippen molar-refractivity contribution < 1.29 is 21.6 Å². The minimum Gasteiger partial charge on any atom is -0.356 e. The summed E-state index contributed by atoms with van der Waals surface area (Å²) in [6.07, 6.45) is -1.53. The molecule has 32 heavy (non-hydrogen) atoms. The van der Waals surface area contributed by atoms with Crippen LogP contribution in [0, 0.1) is 12.8 Å². The van der Waals surface area contributed by atoms with Crippen LogP contribution < -0.4 is 9.62 Å². The number of sulfonamides is 1. The predicted molar refractivity (Wildman–Crippen MR) is 116 cm³/mol. The molecule has 1 atom stereocenters. The Kier molecular flexibility index (Phi) is 6.09. The number of nitrogens with one attached hydrogen (secondary N) is 1. The van der Waals surface area contributed by atoms with Crippen LogP contribution in [0.5, 0.6) is 0 Å². The summed E-state index contributed by atoms with van der Waals surface area (Å²) in [5.41, 5.74) is 0.656. The van der Waals surface area contributed by atoms with Crippen LogP contribution in [0.25, 0.3) is 10.9 Å². The van der Waals surface area contributed by atoms with Gasteiger partial charge in [0, 0.05) is 25.0 Å². The standard InChI is InChI=1S/C22H23F3N4O2S/c1-15-4-7-18(8-5-15)32(30,31)28-12-16-3-2-10-29(13-16)21-19-11-17(22(23,24)25)6-9-20(19)26-14-27-21/h4-9,11,14,16,28H,2-3,10,12-13H2,1H3. The zero-order chi connectivity index (χ0) is 22.9. The number of halogens is 3. The topological polar surface area (TPSA) is 75.2 Å². The Hall–Kier alpha value is -2.72. The minimum absolute atomic E-state index is 0.000197. The fourth-order valence-corrected chi connectivity index (χ4v) is 5.04. The average Bonchev–Trinajstić information content (AvgIpc) is 2.77. The van der Waals surface area contributed by atoms with E-state index in [1.807, 2.05) is 11.8 Å². The van der Waals surface area contributed by atoms with Gasteiger partial charge >= 0.3 is 6.18 Å². The number of alkyl halides is 3. The van der Waals surface area contributed by atoms with Gasteiger partial charge in [-0.2, -0.15) is 13.2 Å². The van der Waals surface area contributed by atoms with Crippen molar-refractivity contribution in [3.63, 3.8) is 0 Å². The highest BCUT2D eigenvalue weighted by Gasteiger charge is 2.31. The number of piperidine rings is 1. The van der Waals surface area contributed by atoms with E-state index in [0.717, 1.165) is 30.5 Å². The highest BCUT2D eigenvalue weighted by molar-refractivity contribution is 7.89. The van der Waals surface area contributed by atoms with E-state index in [2.05, 4.69) is 14.7 Å². The molecule has 1 saturated heterocycles. The molecule has 1 aromatic heterocycles. The molecule has 1 aliphatic heterocycles. The number of aryl methyl sites for hydroxylation is 1. The van der Waals surface area contributed by atoms with E-state index < -0.39 is 21.8 Å². The summed E-state index contributed by atoms with van der Waals surface area (Å²) >= 11 is 0. The molecule has 1 aliphatic rings. The maximum atomic E-state index is 13.2. The van der Waals surface area contributed by atoms with Gasteiger partial charge in [0.15, 0.2) is 0 Å². The summed E-state index contributed by atoms with van der Waals surface area (Å²) in [5, 5.41) is 0.336. The number of hydrogen-bond acceptors (Lipinski definition) is 5. The monoisotopic (exact) mass is 464 g/mol. The van der Waals surface area contributed by atoms with Gasteiger partial charge in [-0.05, 0) is 56.0 Å². The van der Waals surface area contributed by atoms with Crippen LogP contribution in [-0.4, -0.2) is 38.0 Å². The highest BCUT2D eigenvalue weighted by atomic mass is 32.2. The van der Waals surface area contributed by atoms with Crippen LogP contribution in [0.1, 0.15) is 24.0 Å². The molecular formula is C22H23F3N4O2S. The second kappa shape index (κ2) is 8.67. The van der Waals surface area contributed by atoms with E-state index in [-0.39, 0.29) is 17.4 Å². The first-order valence-corrected chi connectivity index (χ1v) is 11.7. The van der Waals surface area contributed by atoms with Crippen LogP contribution in [0.15, 0.2) is 53.7 Å². The molecule has 4 rings (SSSR count). The van der Waals surface area contributed by atoms with Crippen LogP contribution in [0.2, 0.25) is 0 Å². The molecule has 6 nitrogen and oxygen atoms in total. The summed E-state index contributed by atoms with van der Waals surface area (Å²) in [7, 11) is -3.63. The van der Waals surface area contributed by atoms with E-state index in [1.165, 1.54) is 12.4 Å². The molecule has 2 heterocycles. The van der Waals surface area contributed by atoms with Crippen molar-refractivity contribution in [2.75, 3.05) is 24.5 Å². The summed E-state index contributed by atoms with van der Waals surface area (Å²) in [4.78, 5) is 10.5. The first-order valence-electron chi connectivity index (χ1n) is 10.3. The van der Waals surface area contributed by atoms with E-state index in [9.17, 15) is 21.6 Å². The van der Waals surface area contributed by atoms with Gasteiger partial charge in [-0.25, -0.2) is 23.1 Å². The molecule has 2 aromatic carbocycles. The molecule has 1 unspecified atom stereocenters. The highest BCUT2D eigenvalue weighted by Crippen LogP contribution is 2.34. The molecule has 3 aromatic rings. The van der Waals surface area contributed by atoms with Crippen molar-refractivity contribution >= 4 is 26.7 Å². The molecule has 0 bridgehead atoms. The van der Waals surface area contributed by atoms with E-state index in [4.69, 9.17) is 0 Å². The minimum atomic E-state index is -4.46. The van der Waals surface area contributed by atoms with Gasteiger partial charge in [0.05, 0.1) is 16.0 Å². The Labute approximate surface area is 184 Å². The molecule has 1 N–H and O–H groups in total. The number of nitrogens with zero attached hydrogens (tertiary/aromatic N) is 3. The molecule has 170 valence electrons. The molecule has 0 saturated carbocycles. The van der Waals surface area contributed by atoms with Crippen LogP contribution in [0.3, 0.4) is 0 Å². The van der Waals surface area contributed by atoms with Crippen molar-refractivity contribution in [3.05, 3.63) is 59.9 Å². The Morgan fingerprint density at radius 3 is 2.59 bits per heavy atom. The number of hydrogen-bond donors (Lipinski definition) is 1. The molecular weight excluding hydrogens is 441 g/mol. The quantitative estimate of drug-likeness (QED) is 0.614. The zero-order valence-electron chi connectivity index (χ0n) is 17.4. The largest absolute Gasteiger partial charge is 0.416 e. The second-order valence-corrected chi connectivity index (χ2v) is 9.81. The van der Waals surface area contributed by atoms with Crippen molar-refractivity contribution in [1.82, 2.24) is 14.7 Å². The SMILES string of the molecule is Cc1ccc(S(=O)(=O)NCC2CCCN(c3ncnc4ccc(C(F)(F)F)cc34)C2)cc1. The van der Waals surface area contributed by atoms with E-state index >= 15 is 0 Å². The summed E-state index contributed by atoms with van der Waals surface area (Å²) in [6, 6.07) is 10.1. The lowest BCUT2D eigenvalue weighted by molar-refractivity contribution is -0.137. The normalized spacial score (nSPS) is 17.6. The Morgan fingerprint density at radius 1 is 1.12 bits per heavy atom. The van der Waals surface area contributed by atoms with Crippen LogP contribution in [-0.2, 0) is 16.2 Å². The predicted octanol–water partition coefficient (Wildman–Crippen LogP) is 4.15. The third-order valence-electron chi connectivity index (χ3n) is 5.65. The van der Waals surface area contributed by atoms with Gasteiger partial charge in [-0.3, -0.25) is 0 Å². The van der Waals surface area contributed by atoms with Gasteiger partial charge in [-0.1, -0.05) is 17.7 Å². The van der Waals surface area contributed by atoms with Crippen molar-refractivity contribution in [2.45, 2.75) is 30.8 Å². The lowest BCUT2D eigenvalue weighted by Gasteiger charge is -2.34. The lowest BCUT2D eigenvalue weighted by atomic mass is 9.98. The second-order valence-electron chi connectivity index (χ2n) is 8.05. The zero-order valence-corrected chi connectivity index (χ0v) is 18.2. The van der Waals surface area contributed by atoms with Crippen LogP contribution >= 0.6 is 0 Å². The van der Waals surface area contributed by atoms with Gasteiger partial charge in [0.1, 0.15) is 12.1 Å². The molecule has 10 heteroatoms. The maximum absolute atomic E-state index is 13.2. The fraction of sp³-hybridized carbons (Fsp3) is 0.364. The number of benzene rings is 2. The fourth-order valence-electron chi connectivity index (χ4n) is 3.92. The summed E-state index contributed by atoms with van der Waals surface area (Å²) in [5.74, 6) is 0.437. The molecule has 0 aliphatic carbocycles. The van der Waals surface area contributed by atoms with E-state index in [1.54, 1.807) is 24.3 Å². The first kappa shape index (κ1) is 22.5. The maximum Gasteiger partial charge on any atom is 0.416 e. The third kappa shape index (κ3) is 4.86. The Morgan fingerprint density at radius 2 is 1.88 bits per heavy atom. The average molecular weight is 465 g/mol. The molecule has 0 spiro atoms. The number of anilines is 1. The number of fused-ring (bicyclic) bond motifs is 1. The Bertz CT molecular complexity index is 1210. The molecule has 1 fully saturated rings. The van der Waals surface area contributed by atoms with E-state index in [0.29, 0.717) is 29.8 Å². The van der Waals surface area contributed by atoms with Gasteiger partial charge in [0.25, 0.3) is 0 Å². The summed E-state index contributed by atoms with van der Waals surface area (Å²) < 4.78 is 67.5. The van der Waals surface area contributed by atoms with Crippen LogP contribution in [0.4, 0.5) is 19.0 Å². The van der Waals surface area contributed by atoms with Crippen molar-refractivity contribution in [3.8, 4) is 0 Å². The van der Waals surface area contributed by atoms with Crippen molar-refractivity contribution in [1.29, 1.82) is 0 Å². The number of rotatable bonds is 5. The Balaban J connectivity index is 1.52. The van der Waals surface area contributed by atoms with Gasteiger partial charge in [-0.15, -0.1) is 0 Å². The molecule has 0 radical (unpaired) electrons. The first-order chi connectivity index (χ1) is 15.1. The smallest absolute Gasteiger partial charge is 0.356 e. The lowest BCUT2D eigenvalue weighted by Crippen LogP contribution is -2.41.